The Morgan fingerprint density at radius 1 is 1.46 bits per heavy atom. The minimum absolute atomic E-state index is 0.293. The molecular weight excluding hydrogens is 292 g/mol. The molecule has 1 heterocycles. The van der Waals surface area contributed by atoms with E-state index >= 15 is 0 Å². The van der Waals surface area contributed by atoms with Crippen LogP contribution >= 0.6 is 0 Å². The monoisotopic (exact) mass is 326 g/mol. The normalized spacial score (nSPS) is 18.8. The van der Waals surface area contributed by atoms with Crippen molar-refractivity contribution in [3.63, 3.8) is 0 Å². The molecule has 2 rings (SSSR count). The van der Waals surface area contributed by atoms with Crippen LogP contribution in [0, 0.1) is 5.92 Å². The van der Waals surface area contributed by atoms with Crippen LogP contribution < -0.4 is 10.2 Å². The molecule has 1 aliphatic heterocycles. The highest BCUT2D eigenvalue weighted by Gasteiger charge is 2.25. The summed E-state index contributed by atoms with van der Waals surface area (Å²) in [5.74, 6) is 0.683. The van der Waals surface area contributed by atoms with E-state index in [1.165, 1.54) is 23.2 Å². The molecule has 0 saturated heterocycles. The topological polar surface area (TPSA) is 15.3 Å². The van der Waals surface area contributed by atoms with Crippen molar-refractivity contribution in [1.82, 2.24) is 5.32 Å². The molecule has 2 heteroatoms. The van der Waals surface area contributed by atoms with Crippen LogP contribution in [-0.4, -0.2) is 19.1 Å². The summed E-state index contributed by atoms with van der Waals surface area (Å²) in [6.45, 7) is 15.0. The van der Waals surface area contributed by atoms with Crippen LogP contribution in [0.5, 0.6) is 0 Å². The van der Waals surface area contributed by atoms with E-state index < -0.39 is 0 Å². The number of allylic oxidation sites excluding steroid dienone is 1. The van der Waals surface area contributed by atoms with Crippen LogP contribution in [0.15, 0.2) is 43.1 Å². The highest BCUT2D eigenvalue weighted by Crippen LogP contribution is 2.34. The number of hydrogen-bond donors (Lipinski definition) is 1. The van der Waals surface area contributed by atoms with Gasteiger partial charge in [-0.05, 0) is 49.7 Å². The Hall–Kier alpha value is -1.70. The molecule has 132 valence electrons. The first-order valence-electron chi connectivity index (χ1n) is 9.36. The number of likely N-dealkylation sites (N-methyl/N-ethyl adjacent to an activating group) is 1. The van der Waals surface area contributed by atoms with Gasteiger partial charge in [0, 0.05) is 30.5 Å². The molecule has 0 radical (unpaired) electrons. The molecule has 24 heavy (non-hydrogen) atoms. The van der Waals surface area contributed by atoms with Crippen molar-refractivity contribution >= 4 is 5.69 Å². The molecule has 3 atom stereocenters. The molecule has 1 aromatic carbocycles. The van der Waals surface area contributed by atoms with Crippen molar-refractivity contribution in [2.24, 2.45) is 5.92 Å². The summed E-state index contributed by atoms with van der Waals surface area (Å²) < 4.78 is 0. The maximum absolute atomic E-state index is 4.20. The molecule has 1 aliphatic rings. The van der Waals surface area contributed by atoms with Gasteiger partial charge in [-0.15, -0.1) is 6.58 Å². The van der Waals surface area contributed by atoms with Crippen molar-refractivity contribution in [3.05, 3.63) is 54.3 Å². The van der Waals surface area contributed by atoms with Gasteiger partial charge in [0.1, 0.15) is 0 Å². The van der Waals surface area contributed by atoms with E-state index in [1.54, 1.807) is 0 Å². The summed E-state index contributed by atoms with van der Waals surface area (Å²) in [4.78, 5) is 2.43. The van der Waals surface area contributed by atoms with Crippen LogP contribution in [-0.2, 0) is 12.8 Å². The largest absolute Gasteiger partial charge is 0.383 e. The van der Waals surface area contributed by atoms with E-state index in [0.717, 1.165) is 31.4 Å². The molecule has 0 saturated carbocycles. The number of benzene rings is 1. The molecule has 2 nitrogen and oxygen atoms in total. The van der Waals surface area contributed by atoms with Gasteiger partial charge < -0.3 is 10.2 Å². The van der Waals surface area contributed by atoms with Crippen LogP contribution in [0.2, 0.25) is 0 Å². The summed E-state index contributed by atoms with van der Waals surface area (Å²) in [6, 6.07) is 7.65. The minimum Gasteiger partial charge on any atom is -0.383 e. The highest BCUT2D eigenvalue weighted by molar-refractivity contribution is 5.64. The third-order valence-corrected chi connectivity index (χ3v) is 5.42. The van der Waals surface area contributed by atoms with Gasteiger partial charge in [-0.3, -0.25) is 0 Å². The van der Waals surface area contributed by atoms with Gasteiger partial charge in [-0.1, -0.05) is 51.1 Å². The van der Waals surface area contributed by atoms with Crippen LogP contribution in [0.4, 0.5) is 5.69 Å². The number of anilines is 1. The van der Waals surface area contributed by atoms with E-state index in [-0.39, 0.29) is 0 Å². The maximum atomic E-state index is 4.20. The zero-order chi connectivity index (χ0) is 17.7. The number of hydrogen-bond acceptors (Lipinski definition) is 2. The maximum Gasteiger partial charge on any atom is 0.0441 e. The molecule has 1 aromatic rings. The van der Waals surface area contributed by atoms with Gasteiger partial charge in [0.2, 0.25) is 0 Å². The molecule has 1 N–H and O–H groups in total. The van der Waals surface area contributed by atoms with Crippen LogP contribution in [0.25, 0.3) is 0 Å². The average molecular weight is 327 g/mol. The standard InChI is InChI=1S/C22H34N2/c1-7-16(3)14-17(4)23-21(8-2)13-12-19-10-9-11-20-15-18(5)24(6)22(19)20/h8-11,16,18,21,23H,2,4,7,12-15H2,1,3,5-6H3. The highest BCUT2D eigenvalue weighted by atomic mass is 15.2. The predicted octanol–water partition coefficient (Wildman–Crippen LogP) is 5.09. The van der Waals surface area contributed by atoms with Gasteiger partial charge in [0.05, 0.1) is 0 Å². The van der Waals surface area contributed by atoms with E-state index in [9.17, 15) is 0 Å². The first kappa shape index (κ1) is 18.6. The summed E-state index contributed by atoms with van der Waals surface area (Å²) >= 11 is 0. The molecule has 0 fully saturated rings. The molecule has 3 unspecified atom stereocenters. The third kappa shape index (κ3) is 4.43. The van der Waals surface area contributed by atoms with Crippen molar-refractivity contribution in [2.75, 3.05) is 11.9 Å². The minimum atomic E-state index is 0.293. The summed E-state index contributed by atoms with van der Waals surface area (Å²) in [5.41, 5.74) is 5.54. The van der Waals surface area contributed by atoms with E-state index in [0.29, 0.717) is 18.0 Å². The van der Waals surface area contributed by atoms with Gasteiger partial charge in [-0.25, -0.2) is 0 Å². The van der Waals surface area contributed by atoms with E-state index in [2.05, 4.69) is 69.4 Å². The van der Waals surface area contributed by atoms with Gasteiger partial charge in [-0.2, -0.15) is 0 Å². The van der Waals surface area contributed by atoms with Gasteiger partial charge in [0.25, 0.3) is 0 Å². The Morgan fingerprint density at radius 2 is 2.21 bits per heavy atom. The second kappa shape index (κ2) is 8.41. The fourth-order valence-electron chi connectivity index (χ4n) is 3.59. The molecule has 0 bridgehead atoms. The van der Waals surface area contributed by atoms with Crippen molar-refractivity contribution in [3.8, 4) is 0 Å². The Kier molecular flexibility index (Phi) is 6.53. The number of nitrogens with one attached hydrogen (secondary N) is 1. The first-order chi connectivity index (χ1) is 11.5. The Balaban J connectivity index is 1.96. The SMILES string of the molecule is C=CC(CCc1cccc2c1N(C)C(C)C2)NC(=C)CC(C)CC. The van der Waals surface area contributed by atoms with E-state index in [1.807, 2.05) is 6.08 Å². The molecule has 0 amide bonds. The first-order valence-corrected chi connectivity index (χ1v) is 9.36. The number of para-hydroxylation sites is 1. The van der Waals surface area contributed by atoms with Crippen LogP contribution in [0.1, 0.15) is 51.2 Å². The second-order valence-electron chi connectivity index (χ2n) is 7.44. The summed E-state index contributed by atoms with van der Waals surface area (Å²) in [6.07, 6.45) is 7.55. The Bertz CT molecular complexity index is 575. The summed E-state index contributed by atoms with van der Waals surface area (Å²) in [5, 5.41) is 3.56. The zero-order valence-electron chi connectivity index (χ0n) is 15.9. The average Bonchev–Trinajstić information content (AvgIpc) is 2.86. The Labute approximate surface area is 148 Å². The molecule has 0 aromatic heterocycles. The lowest BCUT2D eigenvalue weighted by atomic mass is 9.99. The smallest absolute Gasteiger partial charge is 0.0441 e. The van der Waals surface area contributed by atoms with Crippen molar-refractivity contribution < 1.29 is 0 Å². The Morgan fingerprint density at radius 3 is 2.88 bits per heavy atom. The van der Waals surface area contributed by atoms with Crippen LogP contribution in [0.3, 0.4) is 0 Å². The number of aryl methyl sites for hydroxylation is 1. The zero-order valence-corrected chi connectivity index (χ0v) is 15.9. The van der Waals surface area contributed by atoms with Crippen molar-refractivity contribution in [2.45, 2.75) is 65.0 Å². The number of rotatable bonds is 9. The van der Waals surface area contributed by atoms with E-state index in [4.69, 9.17) is 0 Å². The number of nitrogens with zero attached hydrogens (tertiary/aromatic N) is 1. The molecule has 0 spiro atoms. The van der Waals surface area contributed by atoms with Gasteiger partial charge in [0.15, 0.2) is 0 Å². The van der Waals surface area contributed by atoms with Gasteiger partial charge >= 0.3 is 0 Å². The molecule has 0 aliphatic carbocycles. The summed E-state index contributed by atoms with van der Waals surface area (Å²) in [7, 11) is 2.22. The lowest BCUT2D eigenvalue weighted by molar-refractivity contribution is 0.514. The lowest BCUT2D eigenvalue weighted by Gasteiger charge is -2.23. The fourth-order valence-corrected chi connectivity index (χ4v) is 3.59. The number of fused-ring (bicyclic) bond motifs is 1. The second-order valence-corrected chi connectivity index (χ2v) is 7.44. The molecular formula is C22H34N2. The lowest BCUT2D eigenvalue weighted by Crippen LogP contribution is -2.28. The quantitative estimate of drug-likeness (QED) is 0.636. The predicted molar refractivity (Wildman–Crippen MR) is 107 cm³/mol. The fraction of sp³-hybridized carbons (Fsp3) is 0.545. The van der Waals surface area contributed by atoms with Crippen molar-refractivity contribution in [1.29, 1.82) is 0 Å². The third-order valence-electron chi connectivity index (χ3n) is 5.42.